The van der Waals surface area contributed by atoms with Crippen molar-refractivity contribution in [3.8, 4) is 5.75 Å². The predicted octanol–water partition coefficient (Wildman–Crippen LogP) is 4.77. The predicted molar refractivity (Wildman–Crippen MR) is 88.2 cm³/mol. The zero-order valence-electron chi connectivity index (χ0n) is 14.5. The SMILES string of the molecule is COc1ccc(C(C)NS(=O)(=O)c2cc(C(F)(F)F)cc(C(F)(F)F)c2)cc1. The Bertz CT molecular complexity index is 905. The third-order valence-electron chi connectivity index (χ3n) is 3.82. The monoisotopic (exact) mass is 427 g/mol. The van der Waals surface area contributed by atoms with Gasteiger partial charge in [0.2, 0.25) is 10.0 Å². The Morgan fingerprint density at radius 1 is 0.893 bits per heavy atom. The molecule has 0 saturated carbocycles. The molecule has 2 aromatic carbocycles. The lowest BCUT2D eigenvalue weighted by Crippen LogP contribution is -2.27. The zero-order valence-corrected chi connectivity index (χ0v) is 15.3. The second-order valence-electron chi connectivity index (χ2n) is 5.86. The van der Waals surface area contributed by atoms with Gasteiger partial charge in [0.1, 0.15) is 5.75 Å². The van der Waals surface area contributed by atoms with Crippen LogP contribution in [-0.2, 0) is 22.4 Å². The summed E-state index contributed by atoms with van der Waals surface area (Å²) in [6, 6.07) is 5.37. The van der Waals surface area contributed by atoms with Crippen molar-refractivity contribution >= 4 is 10.0 Å². The number of alkyl halides is 6. The van der Waals surface area contributed by atoms with E-state index in [4.69, 9.17) is 4.74 Å². The summed E-state index contributed by atoms with van der Waals surface area (Å²) in [5.41, 5.74) is -2.98. The van der Waals surface area contributed by atoms with Gasteiger partial charge in [-0.15, -0.1) is 0 Å². The van der Waals surface area contributed by atoms with E-state index in [1.54, 1.807) is 0 Å². The van der Waals surface area contributed by atoms with E-state index >= 15 is 0 Å². The Hall–Kier alpha value is -2.27. The first-order valence-electron chi connectivity index (χ1n) is 7.70. The van der Waals surface area contributed by atoms with E-state index in [0.29, 0.717) is 11.3 Å². The van der Waals surface area contributed by atoms with Crippen molar-refractivity contribution in [3.63, 3.8) is 0 Å². The summed E-state index contributed by atoms with van der Waals surface area (Å²) in [6.45, 7) is 1.40. The molecular formula is C17H15F6NO3S. The molecular weight excluding hydrogens is 412 g/mol. The first-order chi connectivity index (χ1) is 12.7. The number of methoxy groups -OCH3 is 1. The molecule has 0 heterocycles. The van der Waals surface area contributed by atoms with Crippen molar-refractivity contribution in [2.75, 3.05) is 7.11 Å². The van der Waals surface area contributed by atoms with Crippen LogP contribution in [0.2, 0.25) is 0 Å². The largest absolute Gasteiger partial charge is 0.497 e. The first-order valence-corrected chi connectivity index (χ1v) is 9.18. The van der Waals surface area contributed by atoms with Crippen LogP contribution < -0.4 is 9.46 Å². The highest BCUT2D eigenvalue weighted by Crippen LogP contribution is 2.37. The first kappa shape index (κ1) is 22.0. The van der Waals surface area contributed by atoms with Crippen molar-refractivity contribution in [3.05, 3.63) is 59.2 Å². The molecule has 1 atom stereocenters. The number of rotatable bonds is 5. The van der Waals surface area contributed by atoms with E-state index < -0.39 is 44.4 Å². The van der Waals surface area contributed by atoms with Crippen LogP contribution in [0.15, 0.2) is 47.4 Å². The minimum atomic E-state index is -5.15. The highest BCUT2D eigenvalue weighted by atomic mass is 32.2. The molecule has 28 heavy (non-hydrogen) atoms. The second-order valence-corrected chi connectivity index (χ2v) is 7.57. The van der Waals surface area contributed by atoms with E-state index in [0.717, 1.165) is 0 Å². The molecule has 0 fully saturated rings. The maximum atomic E-state index is 12.9. The molecule has 154 valence electrons. The van der Waals surface area contributed by atoms with Gasteiger partial charge in [-0.1, -0.05) is 12.1 Å². The molecule has 0 bridgehead atoms. The van der Waals surface area contributed by atoms with Gasteiger partial charge in [-0.25, -0.2) is 13.1 Å². The van der Waals surface area contributed by atoms with Gasteiger partial charge in [0.05, 0.1) is 23.1 Å². The van der Waals surface area contributed by atoms with Gasteiger partial charge >= 0.3 is 12.4 Å². The van der Waals surface area contributed by atoms with Gasteiger partial charge in [-0.3, -0.25) is 0 Å². The van der Waals surface area contributed by atoms with Crippen LogP contribution in [-0.4, -0.2) is 15.5 Å². The number of ether oxygens (including phenoxy) is 1. The number of benzene rings is 2. The maximum absolute atomic E-state index is 12.9. The quantitative estimate of drug-likeness (QED) is 0.700. The van der Waals surface area contributed by atoms with E-state index in [1.807, 2.05) is 0 Å². The molecule has 0 aliphatic heterocycles. The normalized spacial score (nSPS) is 14.0. The Kier molecular flexibility index (Phi) is 6.00. The second kappa shape index (κ2) is 7.63. The molecule has 1 N–H and O–H groups in total. The molecule has 0 aromatic heterocycles. The van der Waals surface area contributed by atoms with Gasteiger partial charge in [-0.2, -0.15) is 26.3 Å². The molecule has 0 saturated heterocycles. The van der Waals surface area contributed by atoms with Gasteiger partial charge in [-0.05, 0) is 42.8 Å². The minimum Gasteiger partial charge on any atom is -0.497 e. The van der Waals surface area contributed by atoms with Crippen LogP contribution in [0.5, 0.6) is 5.75 Å². The summed E-state index contributed by atoms with van der Waals surface area (Å²) in [5.74, 6) is 0.492. The summed E-state index contributed by atoms with van der Waals surface area (Å²) in [4.78, 5) is -1.13. The number of hydrogen-bond acceptors (Lipinski definition) is 3. The fraction of sp³-hybridized carbons (Fsp3) is 0.294. The lowest BCUT2D eigenvalue weighted by molar-refractivity contribution is -0.143. The average Bonchev–Trinajstić information content (AvgIpc) is 2.59. The lowest BCUT2D eigenvalue weighted by Gasteiger charge is -2.18. The van der Waals surface area contributed by atoms with Crippen LogP contribution >= 0.6 is 0 Å². The molecule has 2 aromatic rings. The third kappa shape index (κ3) is 5.16. The summed E-state index contributed by atoms with van der Waals surface area (Å²) in [5, 5.41) is 0. The average molecular weight is 427 g/mol. The molecule has 11 heteroatoms. The third-order valence-corrected chi connectivity index (χ3v) is 5.34. The maximum Gasteiger partial charge on any atom is 0.416 e. The smallest absolute Gasteiger partial charge is 0.416 e. The Morgan fingerprint density at radius 3 is 1.75 bits per heavy atom. The molecule has 2 rings (SSSR count). The van der Waals surface area contributed by atoms with E-state index in [9.17, 15) is 34.8 Å². The molecule has 0 aliphatic carbocycles. The van der Waals surface area contributed by atoms with Crippen molar-refractivity contribution in [2.45, 2.75) is 30.2 Å². The van der Waals surface area contributed by atoms with Crippen molar-refractivity contribution in [2.24, 2.45) is 0 Å². The topological polar surface area (TPSA) is 55.4 Å². The van der Waals surface area contributed by atoms with Crippen LogP contribution in [0, 0.1) is 0 Å². The van der Waals surface area contributed by atoms with Gasteiger partial charge < -0.3 is 4.74 Å². The van der Waals surface area contributed by atoms with E-state index in [-0.39, 0.29) is 18.2 Å². The Labute approximate surface area is 157 Å². The van der Waals surface area contributed by atoms with Crippen molar-refractivity contribution in [1.29, 1.82) is 0 Å². The Morgan fingerprint density at radius 2 is 1.36 bits per heavy atom. The highest BCUT2D eigenvalue weighted by Gasteiger charge is 2.38. The molecule has 0 aliphatic rings. The van der Waals surface area contributed by atoms with Crippen molar-refractivity contribution < 1.29 is 39.5 Å². The number of nitrogens with one attached hydrogen (secondary N) is 1. The van der Waals surface area contributed by atoms with Gasteiger partial charge in [0, 0.05) is 6.04 Å². The Balaban J connectivity index is 2.43. The van der Waals surface area contributed by atoms with Gasteiger partial charge in [0.25, 0.3) is 0 Å². The number of halogens is 6. The fourth-order valence-corrected chi connectivity index (χ4v) is 3.64. The number of sulfonamides is 1. The molecule has 0 radical (unpaired) electrons. The number of hydrogen-bond donors (Lipinski definition) is 1. The molecule has 0 spiro atoms. The van der Waals surface area contributed by atoms with E-state index in [1.165, 1.54) is 38.3 Å². The van der Waals surface area contributed by atoms with Crippen molar-refractivity contribution in [1.82, 2.24) is 4.72 Å². The molecule has 4 nitrogen and oxygen atoms in total. The summed E-state index contributed by atoms with van der Waals surface area (Å²) >= 11 is 0. The summed E-state index contributed by atoms with van der Waals surface area (Å²) in [7, 11) is -3.25. The van der Waals surface area contributed by atoms with Gasteiger partial charge in [0.15, 0.2) is 0 Å². The van der Waals surface area contributed by atoms with Crippen LogP contribution in [0.3, 0.4) is 0 Å². The van der Waals surface area contributed by atoms with Crippen LogP contribution in [0.1, 0.15) is 29.7 Å². The highest BCUT2D eigenvalue weighted by molar-refractivity contribution is 7.89. The van der Waals surface area contributed by atoms with Crippen LogP contribution in [0.4, 0.5) is 26.3 Å². The lowest BCUT2D eigenvalue weighted by atomic mass is 10.1. The van der Waals surface area contributed by atoms with Crippen LogP contribution in [0.25, 0.3) is 0 Å². The fourth-order valence-electron chi connectivity index (χ4n) is 2.34. The zero-order chi connectivity index (χ0) is 21.3. The molecule has 0 amide bonds. The summed E-state index contributed by atoms with van der Waals surface area (Å²) in [6.07, 6.45) is -10.3. The van der Waals surface area contributed by atoms with E-state index in [2.05, 4.69) is 4.72 Å². The molecule has 1 unspecified atom stereocenters. The minimum absolute atomic E-state index is 0.133. The standard InChI is InChI=1S/C17H15F6NO3S/c1-10(11-3-5-14(27-2)6-4-11)24-28(25,26)15-8-12(16(18,19)20)7-13(9-15)17(21,22)23/h3-10,24H,1-2H3. The summed E-state index contributed by atoms with van der Waals surface area (Å²) < 4.78 is 109.